The van der Waals surface area contributed by atoms with Crippen LogP contribution in [0.5, 0.6) is 23.0 Å². The molecule has 1 heterocycles. The van der Waals surface area contributed by atoms with Crippen LogP contribution in [0.3, 0.4) is 0 Å². The number of β-lactam (4-membered cyclic amide) rings is 1. The first-order chi connectivity index (χ1) is 15.5. The molecule has 0 unspecified atom stereocenters. The fourth-order valence-electron chi connectivity index (χ4n) is 4.15. The molecule has 0 saturated carbocycles. The zero-order valence-electron chi connectivity index (χ0n) is 18.5. The zero-order valence-corrected chi connectivity index (χ0v) is 18.5. The van der Waals surface area contributed by atoms with E-state index in [4.69, 9.17) is 24.7 Å². The van der Waals surface area contributed by atoms with Crippen molar-refractivity contribution in [2.75, 3.05) is 39.1 Å². The molecular formula is C25H26N2O5. The summed E-state index contributed by atoms with van der Waals surface area (Å²) in [7, 11) is 6.28. The number of ether oxygens (including phenoxy) is 4. The molecule has 4 rings (SSSR count). The lowest BCUT2D eigenvalue weighted by Gasteiger charge is -2.48. The molecule has 166 valence electrons. The molecule has 1 aliphatic heterocycles. The lowest BCUT2D eigenvalue weighted by atomic mass is 9.77. The van der Waals surface area contributed by atoms with Gasteiger partial charge in [0.05, 0.1) is 46.1 Å². The molecule has 2 atom stereocenters. The van der Waals surface area contributed by atoms with Crippen molar-refractivity contribution in [1.29, 1.82) is 0 Å². The van der Waals surface area contributed by atoms with Crippen LogP contribution in [0.1, 0.15) is 23.1 Å². The summed E-state index contributed by atoms with van der Waals surface area (Å²) in [5, 5.41) is 0. The summed E-state index contributed by atoms with van der Waals surface area (Å²) >= 11 is 0. The number of carbonyl (C=O) groups is 1. The molecular weight excluding hydrogens is 408 g/mol. The van der Waals surface area contributed by atoms with E-state index in [0.717, 1.165) is 16.9 Å². The van der Waals surface area contributed by atoms with Gasteiger partial charge < -0.3 is 29.6 Å². The normalized spacial score (nSPS) is 17.5. The van der Waals surface area contributed by atoms with Crippen molar-refractivity contribution in [2.45, 2.75) is 12.0 Å². The van der Waals surface area contributed by atoms with E-state index in [1.54, 1.807) is 45.5 Å². The van der Waals surface area contributed by atoms with Crippen LogP contribution in [0.25, 0.3) is 0 Å². The Balaban J connectivity index is 1.81. The third-order valence-corrected chi connectivity index (χ3v) is 5.78. The molecule has 32 heavy (non-hydrogen) atoms. The van der Waals surface area contributed by atoms with Gasteiger partial charge in [-0.1, -0.05) is 24.3 Å². The van der Waals surface area contributed by atoms with Gasteiger partial charge in [0.1, 0.15) is 5.75 Å². The SMILES string of the molecule is COc1ccc([C@H]2[C@H](c3ccc(N)cc3)C(=O)N2c2cc(OC)c(OC)c(OC)c2)cc1. The molecule has 2 N–H and O–H groups in total. The van der Waals surface area contributed by atoms with Crippen LogP contribution in [-0.2, 0) is 4.79 Å². The van der Waals surface area contributed by atoms with Gasteiger partial charge >= 0.3 is 0 Å². The van der Waals surface area contributed by atoms with Crippen LogP contribution in [0, 0.1) is 0 Å². The minimum atomic E-state index is -0.344. The monoisotopic (exact) mass is 434 g/mol. The van der Waals surface area contributed by atoms with E-state index in [9.17, 15) is 4.79 Å². The van der Waals surface area contributed by atoms with E-state index >= 15 is 0 Å². The molecule has 3 aromatic rings. The van der Waals surface area contributed by atoms with E-state index < -0.39 is 0 Å². The highest BCUT2D eigenvalue weighted by atomic mass is 16.5. The van der Waals surface area contributed by atoms with Gasteiger partial charge in [0.15, 0.2) is 11.5 Å². The van der Waals surface area contributed by atoms with Crippen LogP contribution in [0.15, 0.2) is 60.7 Å². The zero-order chi connectivity index (χ0) is 22.8. The van der Waals surface area contributed by atoms with Crippen molar-refractivity contribution in [2.24, 2.45) is 0 Å². The summed E-state index contributed by atoms with van der Waals surface area (Å²) in [5.41, 5.74) is 9.08. The number of benzene rings is 3. The first-order valence-corrected chi connectivity index (χ1v) is 10.1. The minimum absolute atomic E-state index is 0.0233. The first-order valence-electron chi connectivity index (χ1n) is 10.1. The third-order valence-electron chi connectivity index (χ3n) is 5.78. The largest absolute Gasteiger partial charge is 0.497 e. The van der Waals surface area contributed by atoms with Crippen LogP contribution < -0.4 is 29.6 Å². The molecule has 7 heteroatoms. The number of hydrogen-bond donors (Lipinski definition) is 1. The second kappa shape index (κ2) is 8.70. The standard InChI is InChI=1S/C25H26N2O5/c1-29-19-11-7-16(8-12-19)23-22(15-5-9-17(26)10-6-15)25(28)27(23)18-13-20(30-2)24(32-4)21(14-18)31-3/h5-14,22-23H,26H2,1-4H3/t22-,23-/m0/s1. The van der Waals surface area contributed by atoms with E-state index in [0.29, 0.717) is 28.6 Å². The lowest BCUT2D eigenvalue weighted by molar-refractivity contribution is -0.126. The number of methoxy groups -OCH3 is 4. The van der Waals surface area contributed by atoms with Gasteiger partial charge in [0, 0.05) is 17.8 Å². The van der Waals surface area contributed by atoms with Gasteiger partial charge in [-0.15, -0.1) is 0 Å². The van der Waals surface area contributed by atoms with E-state index in [1.807, 2.05) is 48.5 Å². The predicted octanol–water partition coefficient (Wildman–Crippen LogP) is 4.17. The number of hydrogen-bond acceptors (Lipinski definition) is 6. The van der Waals surface area contributed by atoms with Gasteiger partial charge in [-0.2, -0.15) is 0 Å². The summed E-state index contributed by atoms with van der Waals surface area (Å²) < 4.78 is 21.7. The van der Waals surface area contributed by atoms with Gasteiger partial charge in [-0.05, 0) is 35.4 Å². The number of nitrogen functional groups attached to an aromatic ring is 1. The maximum atomic E-state index is 13.5. The van der Waals surface area contributed by atoms with Crippen LogP contribution in [-0.4, -0.2) is 34.3 Å². The second-order valence-corrected chi connectivity index (χ2v) is 7.45. The Morgan fingerprint density at radius 3 is 1.81 bits per heavy atom. The molecule has 1 aliphatic rings. The molecule has 3 aromatic carbocycles. The molecule has 7 nitrogen and oxygen atoms in total. The van der Waals surface area contributed by atoms with Crippen molar-refractivity contribution < 1.29 is 23.7 Å². The lowest BCUT2D eigenvalue weighted by Crippen LogP contribution is -2.53. The Kier molecular flexibility index (Phi) is 5.81. The van der Waals surface area contributed by atoms with Crippen LogP contribution in [0.4, 0.5) is 11.4 Å². The fraction of sp³-hybridized carbons (Fsp3) is 0.240. The summed E-state index contributed by atoms with van der Waals surface area (Å²) in [6.45, 7) is 0. The number of nitrogens with zero attached hydrogens (tertiary/aromatic N) is 1. The molecule has 0 spiro atoms. The first kappa shape index (κ1) is 21.4. The fourth-order valence-corrected chi connectivity index (χ4v) is 4.15. The van der Waals surface area contributed by atoms with Crippen molar-refractivity contribution in [1.82, 2.24) is 0 Å². The van der Waals surface area contributed by atoms with Gasteiger partial charge in [0.25, 0.3) is 0 Å². The number of anilines is 2. The smallest absolute Gasteiger partial charge is 0.237 e. The number of rotatable bonds is 7. The van der Waals surface area contributed by atoms with E-state index in [-0.39, 0.29) is 17.9 Å². The molecule has 0 aliphatic carbocycles. The number of carbonyl (C=O) groups excluding carboxylic acids is 1. The minimum Gasteiger partial charge on any atom is -0.497 e. The van der Waals surface area contributed by atoms with Crippen molar-refractivity contribution in [3.8, 4) is 23.0 Å². The highest BCUT2D eigenvalue weighted by molar-refractivity contribution is 6.07. The topological polar surface area (TPSA) is 83.3 Å². The summed E-state index contributed by atoms with van der Waals surface area (Å²) in [5.74, 6) is 1.83. The average molecular weight is 434 g/mol. The molecule has 1 fully saturated rings. The second-order valence-electron chi connectivity index (χ2n) is 7.45. The third kappa shape index (κ3) is 3.56. The molecule has 1 saturated heterocycles. The number of amides is 1. The average Bonchev–Trinajstić information content (AvgIpc) is 2.83. The summed E-state index contributed by atoms with van der Waals surface area (Å²) in [6, 6.07) is 18.5. The Bertz CT molecular complexity index is 1090. The van der Waals surface area contributed by atoms with Crippen molar-refractivity contribution in [3.05, 3.63) is 71.8 Å². The molecule has 0 bridgehead atoms. The van der Waals surface area contributed by atoms with Crippen molar-refractivity contribution in [3.63, 3.8) is 0 Å². The van der Waals surface area contributed by atoms with E-state index in [2.05, 4.69) is 0 Å². The van der Waals surface area contributed by atoms with Gasteiger partial charge in [0.2, 0.25) is 11.7 Å². The Morgan fingerprint density at radius 2 is 1.31 bits per heavy atom. The Labute approximate surface area is 187 Å². The number of nitrogens with two attached hydrogens (primary N) is 1. The van der Waals surface area contributed by atoms with E-state index in [1.165, 1.54) is 0 Å². The maximum Gasteiger partial charge on any atom is 0.237 e. The molecule has 1 amide bonds. The maximum absolute atomic E-state index is 13.5. The molecule has 0 radical (unpaired) electrons. The van der Waals surface area contributed by atoms with Crippen molar-refractivity contribution >= 4 is 17.3 Å². The van der Waals surface area contributed by atoms with Crippen LogP contribution in [0.2, 0.25) is 0 Å². The predicted molar refractivity (Wildman–Crippen MR) is 123 cm³/mol. The Hall–Kier alpha value is -3.87. The Morgan fingerprint density at radius 1 is 0.750 bits per heavy atom. The highest BCUT2D eigenvalue weighted by Gasteiger charge is 2.50. The quantitative estimate of drug-likeness (QED) is 0.444. The summed E-state index contributed by atoms with van der Waals surface area (Å²) in [4.78, 5) is 15.2. The van der Waals surface area contributed by atoms with Gasteiger partial charge in [-0.25, -0.2) is 0 Å². The van der Waals surface area contributed by atoms with Crippen LogP contribution >= 0.6 is 0 Å². The van der Waals surface area contributed by atoms with Gasteiger partial charge in [-0.3, -0.25) is 4.79 Å². The molecule has 0 aromatic heterocycles. The summed E-state index contributed by atoms with van der Waals surface area (Å²) in [6.07, 6.45) is 0. The highest BCUT2D eigenvalue weighted by Crippen LogP contribution is 2.52.